The van der Waals surface area contributed by atoms with Crippen LogP contribution >= 0.6 is 0 Å². The van der Waals surface area contributed by atoms with E-state index < -0.39 is 0 Å². The maximum Gasteiger partial charge on any atom is 0.189 e. The van der Waals surface area contributed by atoms with Crippen LogP contribution in [0.3, 0.4) is 0 Å². The van der Waals surface area contributed by atoms with Crippen molar-refractivity contribution in [3.63, 3.8) is 0 Å². The quantitative estimate of drug-likeness (QED) is 0.625. The van der Waals surface area contributed by atoms with Crippen molar-refractivity contribution in [1.82, 2.24) is 0 Å². The summed E-state index contributed by atoms with van der Waals surface area (Å²) in [7, 11) is 0. The van der Waals surface area contributed by atoms with Gasteiger partial charge in [0.1, 0.15) is 12.4 Å². The highest BCUT2D eigenvalue weighted by molar-refractivity contribution is 5.12. The Hall–Kier alpha value is -0.760. The van der Waals surface area contributed by atoms with Crippen LogP contribution in [0.1, 0.15) is 27.2 Å². The second-order valence-corrected chi connectivity index (χ2v) is 3.58. The lowest BCUT2D eigenvalue weighted by atomic mass is 9.86. The smallest absolute Gasteiger partial charge is 0.189 e. The fourth-order valence-electron chi connectivity index (χ4n) is 1.40. The third-order valence-corrected chi connectivity index (χ3v) is 2.37. The Kier molecular flexibility index (Phi) is 3.55. The first-order chi connectivity index (χ1) is 6.20. The lowest BCUT2D eigenvalue weighted by Gasteiger charge is -2.19. The van der Waals surface area contributed by atoms with Gasteiger partial charge in [-0.25, -0.2) is 0 Å². The van der Waals surface area contributed by atoms with E-state index in [1.807, 2.05) is 6.92 Å². The van der Waals surface area contributed by atoms with Crippen LogP contribution in [-0.2, 0) is 9.47 Å². The van der Waals surface area contributed by atoms with E-state index in [9.17, 15) is 0 Å². The predicted molar refractivity (Wildman–Crippen MR) is 53.2 cm³/mol. The van der Waals surface area contributed by atoms with Gasteiger partial charge in [-0.3, -0.25) is 0 Å². The van der Waals surface area contributed by atoms with Crippen LogP contribution in [0.25, 0.3) is 0 Å². The largest absolute Gasteiger partial charge is 0.470 e. The summed E-state index contributed by atoms with van der Waals surface area (Å²) in [5.74, 6) is 0.961. The van der Waals surface area contributed by atoms with Gasteiger partial charge >= 0.3 is 0 Å². The second kappa shape index (κ2) is 4.47. The van der Waals surface area contributed by atoms with Crippen molar-refractivity contribution in [1.29, 1.82) is 0 Å². The molecule has 0 spiro atoms. The molecule has 0 aliphatic carbocycles. The van der Waals surface area contributed by atoms with Crippen LogP contribution in [0.15, 0.2) is 24.0 Å². The van der Waals surface area contributed by atoms with Crippen LogP contribution in [0.4, 0.5) is 0 Å². The average molecular weight is 182 g/mol. The Labute approximate surface area is 80.2 Å². The van der Waals surface area contributed by atoms with Crippen LogP contribution in [0, 0.1) is 5.41 Å². The molecule has 1 fully saturated rings. The zero-order chi connectivity index (χ0) is 9.73. The third-order valence-electron chi connectivity index (χ3n) is 2.37. The number of hydrogen-bond donors (Lipinski definition) is 0. The topological polar surface area (TPSA) is 18.5 Å². The van der Waals surface area contributed by atoms with E-state index >= 15 is 0 Å². The lowest BCUT2D eigenvalue weighted by Crippen LogP contribution is -2.09. The van der Waals surface area contributed by atoms with Gasteiger partial charge in [0.05, 0.1) is 0 Å². The fraction of sp³-hybridized carbons (Fsp3) is 0.636. The minimum atomic E-state index is 0.109. The van der Waals surface area contributed by atoms with E-state index in [0.717, 1.165) is 12.2 Å². The molecule has 2 nitrogen and oxygen atoms in total. The molecule has 0 N–H and O–H groups in total. The highest BCUT2D eigenvalue weighted by Crippen LogP contribution is 2.27. The number of allylic oxidation sites excluding steroid dienone is 3. The second-order valence-electron chi connectivity index (χ2n) is 3.58. The molecule has 1 heterocycles. The van der Waals surface area contributed by atoms with Crippen molar-refractivity contribution in [2.75, 3.05) is 13.4 Å². The van der Waals surface area contributed by atoms with E-state index in [0.29, 0.717) is 13.4 Å². The average Bonchev–Trinajstić information content (AvgIpc) is 2.57. The normalized spacial score (nSPS) is 25.0. The van der Waals surface area contributed by atoms with Crippen LogP contribution in [0.2, 0.25) is 0 Å². The van der Waals surface area contributed by atoms with Gasteiger partial charge in [-0.15, -0.1) is 0 Å². The summed E-state index contributed by atoms with van der Waals surface area (Å²) in [6, 6.07) is 0. The van der Waals surface area contributed by atoms with Crippen LogP contribution in [-0.4, -0.2) is 13.4 Å². The fourth-order valence-corrected chi connectivity index (χ4v) is 1.40. The molecule has 1 unspecified atom stereocenters. The van der Waals surface area contributed by atoms with Gasteiger partial charge in [-0.2, -0.15) is 0 Å². The first-order valence-electron chi connectivity index (χ1n) is 4.76. The molecular weight excluding hydrogens is 164 g/mol. The minimum Gasteiger partial charge on any atom is -0.470 e. The summed E-state index contributed by atoms with van der Waals surface area (Å²) in [4.78, 5) is 0. The van der Waals surface area contributed by atoms with E-state index in [1.54, 1.807) is 0 Å². The summed E-state index contributed by atoms with van der Waals surface area (Å²) in [5.41, 5.74) is 0.109. The molecule has 1 aliphatic heterocycles. The number of ether oxygens (including phenoxy) is 2. The molecule has 0 radical (unpaired) electrons. The van der Waals surface area contributed by atoms with Gasteiger partial charge in [-0.05, 0) is 19.4 Å². The number of rotatable bonds is 3. The molecule has 0 amide bonds. The molecule has 2 heteroatoms. The molecule has 1 atom stereocenters. The summed E-state index contributed by atoms with van der Waals surface area (Å²) < 4.78 is 10.4. The van der Waals surface area contributed by atoms with Crippen molar-refractivity contribution < 1.29 is 9.47 Å². The Morgan fingerprint density at radius 3 is 2.77 bits per heavy atom. The minimum absolute atomic E-state index is 0.109. The maximum atomic E-state index is 5.30. The molecule has 0 aromatic rings. The van der Waals surface area contributed by atoms with Crippen molar-refractivity contribution in [3.05, 3.63) is 24.0 Å². The summed E-state index contributed by atoms with van der Waals surface area (Å²) in [6.45, 7) is 7.43. The Balaban J connectivity index is 2.70. The first kappa shape index (κ1) is 10.3. The van der Waals surface area contributed by atoms with Crippen LogP contribution in [0.5, 0.6) is 0 Å². The number of hydrogen-bond acceptors (Lipinski definition) is 2. The highest BCUT2D eigenvalue weighted by Gasteiger charge is 2.18. The van der Waals surface area contributed by atoms with Gasteiger partial charge in [0.2, 0.25) is 0 Å². The molecule has 1 saturated heterocycles. The molecule has 1 rings (SSSR count). The molecular formula is C11H18O2. The Morgan fingerprint density at radius 1 is 1.54 bits per heavy atom. The highest BCUT2D eigenvalue weighted by atomic mass is 16.7. The van der Waals surface area contributed by atoms with Gasteiger partial charge < -0.3 is 9.47 Å². The third kappa shape index (κ3) is 2.88. The zero-order valence-electron chi connectivity index (χ0n) is 8.67. The lowest BCUT2D eigenvalue weighted by molar-refractivity contribution is 0.0796. The van der Waals surface area contributed by atoms with Gasteiger partial charge in [0, 0.05) is 5.41 Å². The van der Waals surface area contributed by atoms with Gasteiger partial charge in [0.25, 0.3) is 0 Å². The molecule has 74 valence electrons. The summed E-state index contributed by atoms with van der Waals surface area (Å²) in [6.07, 6.45) is 7.50. The molecule has 13 heavy (non-hydrogen) atoms. The summed E-state index contributed by atoms with van der Waals surface area (Å²) in [5, 5.41) is 0. The van der Waals surface area contributed by atoms with Gasteiger partial charge in [-0.1, -0.05) is 26.0 Å². The first-order valence-corrected chi connectivity index (χ1v) is 4.76. The van der Waals surface area contributed by atoms with Crippen LogP contribution < -0.4 is 0 Å². The van der Waals surface area contributed by atoms with E-state index in [-0.39, 0.29) is 5.41 Å². The van der Waals surface area contributed by atoms with Gasteiger partial charge in [0.15, 0.2) is 6.79 Å². The molecule has 0 saturated carbocycles. The van der Waals surface area contributed by atoms with E-state index in [4.69, 9.17) is 9.47 Å². The molecule has 0 bridgehead atoms. The maximum absolute atomic E-state index is 5.30. The van der Waals surface area contributed by atoms with Crippen molar-refractivity contribution >= 4 is 0 Å². The Morgan fingerprint density at radius 2 is 2.31 bits per heavy atom. The van der Waals surface area contributed by atoms with E-state index in [2.05, 4.69) is 32.1 Å². The monoisotopic (exact) mass is 182 g/mol. The molecule has 0 aromatic carbocycles. The molecule has 0 aromatic heterocycles. The standard InChI is InChI=1S/C11H18O2/c1-4-6-11(3,5-2)7-10-8-12-9-13-10/h4,6-7H,5,8-9H2,1-3H3/b6-4-,10-7+. The zero-order valence-corrected chi connectivity index (χ0v) is 8.67. The van der Waals surface area contributed by atoms with Crippen molar-refractivity contribution in [2.45, 2.75) is 27.2 Å². The Bertz CT molecular complexity index is 210. The molecule has 1 aliphatic rings. The SMILES string of the molecule is C/C=C\C(C)(/C=C1\COCO1)CC. The van der Waals surface area contributed by atoms with Crippen molar-refractivity contribution in [2.24, 2.45) is 5.41 Å². The van der Waals surface area contributed by atoms with E-state index in [1.165, 1.54) is 0 Å². The predicted octanol–water partition coefficient (Wildman–Crippen LogP) is 2.87. The van der Waals surface area contributed by atoms with Crippen molar-refractivity contribution in [3.8, 4) is 0 Å². The summed E-state index contributed by atoms with van der Waals surface area (Å²) >= 11 is 0.